The van der Waals surface area contributed by atoms with Gasteiger partial charge in [0.25, 0.3) is 0 Å². The molecule has 0 saturated carbocycles. The van der Waals surface area contributed by atoms with Gasteiger partial charge >= 0.3 is 0 Å². The Balaban J connectivity index is 2.73. The van der Waals surface area contributed by atoms with E-state index < -0.39 is 0 Å². The summed E-state index contributed by atoms with van der Waals surface area (Å²) in [6.45, 7) is 4.34. The van der Waals surface area contributed by atoms with E-state index in [0.29, 0.717) is 12.1 Å². The molecule has 0 heterocycles. The number of halogens is 1. The van der Waals surface area contributed by atoms with Gasteiger partial charge in [0, 0.05) is 18.2 Å². The maximum Gasteiger partial charge on any atom is 0.128 e. The van der Waals surface area contributed by atoms with E-state index in [1.165, 1.54) is 6.07 Å². The first-order chi connectivity index (χ1) is 8.95. The monoisotopic (exact) mass is 267 g/mol. The lowest BCUT2D eigenvalue weighted by molar-refractivity contribution is 0.231. The van der Waals surface area contributed by atoms with E-state index in [1.807, 2.05) is 20.0 Å². The van der Waals surface area contributed by atoms with Gasteiger partial charge in [0.1, 0.15) is 5.82 Å². The fraction of sp³-hybridized carbons (Fsp3) is 0.600. The summed E-state index contributed by atoms with van der Waals surface area (Å²) >= 11 is 0. The van der Waals surface area contributed by atoms with Gasteiger partial charge in [-0.3, -0.25) is 4.90 Å². The highest BCUT2D eigenvalue weighted by molar-refractivity contribution is 5.27. The van der Waals surface area contributed by atoms with Gasteiger partial charge < -0.3 is 10.6 Å². The third-order valence-corrected chi connectivity index (χ3v) is 3.38. The van der Waals surface area contributed by atoms with Crippen molar-refractivity contribution >= 4 is 0 Å². The van der Waals surface area contributed by atoms with E-state index in [-0.39, 0.29) is 11.9 Å². The lowest BCUT2D eigenvalue weighted by Gasteiger charge is -2.28. The van der Waals surface area contributed by atoms with Crippen molar-refractivity contribution in [2.75, 3.05) is 40.8 Å². The van der Waals surface area contributed by atoms with Gasteiger partial charge in [-0.05, 0) is 53.6 Å². The Bertz CT molecular complexity index is 393. The van der Waals surface area contributed by atoms with Crippen LogP contribution in [0.5, 0.6) is 0 Å². The molecular formula is C15H26FN3. The topological polar surface area (TPSA) is 32.5 Å². The number of likely N-dealkylation sites (N-methyl/N-ethyl adjacent to an activating group) is 1. The molecule has 1 unspecified atom stereocenters. The second-order valence-electron chi connectivity index (χ2n) is 5.41. The highest BCUT2D eigenvalue weighted by Crippen LogP contribution is 2.22. The average Bonchev–Trinajstić information content (AvgIpc) is 2.34. The van der Waals surface area contributed by atoms with E-state index >= 15 is 0 Å². The normalized spacial score (nSPS) is 13.3. The van der Waals surface area contributed by atoms with Crippen LogP contribution in [0.25, 0.3) is 0 Å². The van der Waals surface area contributed by atoms with Crippen LogP contribution in [0.4, 0.5) is 4.39 Å². The van der Waals surface area contributed by atoms with Crippen LogP contribution in [0, 0.1) is 12.7 Å². The molecule has 2 N–H and O–H groups in total. The first-order valence-electron chi connectivity index (χ1n) is 6.76. The highest BCUT2D eigenvalue weighted by atomic mass is 19.1. The van der Waals surface area contributed by atoms with Crippen molar-refractivity contribution in [2.24, 2.45) is 5.73 Å². The molecule has 0 amide bonds. The molecule has 0 saturated heterocycles. The van der Waals surface area contributed by atoms with Crippen molar-refractivity contribution in [1.82, 2.24) is 9.80 Å². The molecule has 0 fully saturated rings. The predicted molar refractivity (Wildman–Crippen MR) is 78.7 cm³/mol. The summed E-state index contributed by atoms with van der Waals surface area (Å²) in [7, 11) is 6.12. The molecule has 0 aliphatic rings. The minimum absolute atomic E-state index is 0.0536. The molecular weight excluding hydrogens is 241 g/mol. The van der Waals surface area contributed by atoms with Crippen molar-refractivity contribution < 1.29 is 4.39 Å². The third-order valence-electron chi connectivity index (χ3n) is 3.38. The van der Waals surface area contributed by atoms with E-state index in [1.54, 1.807) is 6.07 Å². The zero-order chi connectivity index (χ0) is 14.4. The maximum absolute atomic E-state index is 13.9. The fourth-order valence-electron chi connectivity index (χ4n) is 2.26. The second kappa shape index (κ2) is 7.58. The molecule has 19 heavy (non-hydrogen) atoms. The Morgan fingerprint density at radius 1 is 1.21 bits per heavy atom. The number of benzene rings is 1. The fourth-order valence-corrected chi connectivity index (χ4v) is 2.26. The molecule has 0 radical (unpaired) electrons. The number of rotatable bonds is 7. The number of hydrogen-bond acceptors (Lipinski definition) is 3. The standard InChI is InChI=1S/C15H26FN3/c1-12-6-7-14(16)13(10-12)15(11-17)19(4)9-5-8-18(2)3/h6-7,10,15H,5,8-9,11,17H2,1-4H3. The lowest BCUT2D eigenvalue weighted by Crippen LogP contribution is -2.33. The summed E-state index contributed by atoms with van der Waals surface area (Å²) in [5, 5.41) is 0. The Kier molecular flexibility index (Phi) is 6.42. The first kappa shape index (κ1) is 16.1. The predicted octanol–water partition coefficient (Wildman–Crippen LogP) is 2.02. The number of aryl methyl sites for hydroxylation is 1. The molecule has 0 aliphatic carbocycles. The number of nitrogens with zero attached hydrogens (tertiary/aromatic N) is 2. The van der Waals surface area contributed by atoms with Crippen LogP contribution in [0.2, 0.25) is 0 Å². The van der Waals surface area contributed by atoms with Gasteiger partial charge in [0.2, 0.25) is 0 Å². The van der Waals surface area contributed by atoms with Crippen LogP contribution in [0.1, 0.15) is 23.6 Å². The van der Waals surface area contributed by atoms with E-state index in [4.69, 9.17) is 5.73 Å². The molecule has 1 aromatic carbocycles. The zero-order valence-corrected chi connectivity index (χ0v) is 12.5. The molecule has 0 aromatic heterocycles. The molecule has 108 valence electrons. The Morgan fingerprint density at radius 2 is 1.89 bits per heavy atom. The van der Waals surface area contributed by atoms with Gasteiger partial charge in [-0.1, -0.05) is 17.7 Å². The molecule has 4 heteroatoms. The van der Waals surface area contributed by atoms with Crippen LogP contribution in [0.3, 0.4) is 0 Å². The van der Waals surface area contributed by atoms with Crippen LogP contribution in [0.15, 0.2) is 18.2 Å². The van der Waals surface area contributed by atoms with E-state index in [0.717, 1.165) is 25.1 Å². The Morgan fingerprint density at radius 3 is 2.47 bits per heavy atom. The summed E-state index contributed by atoms with van der Waals surface area (Å²) in [6.07, 6.45) is 1.05. The van der Waals surface area contributed by atoms with Crippen LogP contribution in [-0.2, 0) is 0 Å². The molecule has 0 bridgehead atoms. The van der Waals surface area contributed by atoms with Crippen LogP contribution >= 0.6 is 0 Å². The third kappa shape index (κ3) is 4.90. The average molecular weight is 267 g/mol. The van der Waals surface area contributed by atoms with Crippen molar-refractivity contribution in [2.45, 2.75) is 19.4 Å². The SMILES string of the molecule is Cc1ccc(F)c(C(CN)N(C)CCCN(C)C)c1. The minimum Gasteiger partial charge on any atom is -0.329 e. The molecule has 0 aliphatic heterocycles. The summed E-state index contributed by atoms with van der Waals surface area (Å²) in [6, 6.07) is 5.16. The van der Waals surface area contributed by atoms with Gasteiger partial charge in [0.05, 0.1) is 0 Å². The summed E-state index contributed by atoms with van der Waals surface area (Å²) in [5.41, 5.74) is 7.61. The summed E-state index contributed by atoms with van der Waals surface area (Å²) in [4.78, 5) is 4.29. The summed E-state index contributed by atoms with van der Waals surface area (Å²) < 4.78 is 13.9. The molecule has 1 aromatic rings. The smallest absolute Gasteiger partial charge is 0.128 e. The first-order valence-corrected chi connectivity index (χ1v) is 6.76. The van der Waals surface area contributed by atoms with Crippen molar-refractivity contribution in [1.29, 1.82) is 0 Å². The number of nitrogens with two attached hydrogens (primary N) is 1. The Labute approximate surface area is 116 Å². The second-order valence-corrected chi connectivity index (χ2v) is 5.41. The largest absolute Gasteiger partial charge is 0.329 e. The van der Waals surface area contributed by atoms with Gasteiger partial charge in [-0.15, -0.1) is 0 Å². The van der Waals surface area contributed by atoms with Crippen LogP contribution < -0.4 is 5.73 Å². The van der Waals surface area contributed by atoms with Crippen molar-refractivity contribution in [3.8, 4) is 0 Å². The quantitative estimate of drug-likeness (QED) is 0.820. The molecule has 0 spiro atoms. The maximum atomic E-state index is 13.9. The van der Waals surface area contributed by atoms with Gasteiger partial charge in [-0.25, -0.2) is 4.39 Å². The molecule has 1 atom stereocenters. The molecule has 3 nitrogen and oxygen atoms in total. The zero-order valence-electron chi connectivity index (χ0n) is 12.5. The number of hydrogen-bond donors (Lipinski definition) is 1. The lowest BCUT2D eigenvalue weighted by atomic mass is 10.0. The Hall–Kier alpha value is -0.970. The minimum atomic E-state index is -0.166. The van der Waals surface area contributed by atoms with Crippen molar-refractivity contribution in [3.63, 3.8) is 0 Å². The van der Waals surface area contributed by atoms with Gasteiger partial charge in [-0.2, -0.15) is 0 Å². The van der Waals surface area contributed by atoms with E-state index in [9.17, 15) is 4.39 Å². The summed E-state index contributed by atoms with van der Waals surface area (Å²) in [5.74, 6) is -0.166. The van der Waals surface area contributed by atoms with Crippen LogP contribution in [-0.4, -0.2) is 50.6 Å². The highest BCUT2D eigenvalue weighted by Gasteiger charge is 2.18. The van der Waals surface area contributed by atoms with E-state index in [2.05, 4.69) is 23.9 Å². The molecule has 1 rings (SSSR count). The van der Waals surface area contributed by atoms with Gasteiger partial charge in [0.15, 0.2) is 0 Å². The van der Waals surface area contributed by atoms with Crippen molar-refractivity contribution in [3.05, 3.63) is 35.1 Å².